The molecule has 0 spiro atoms. The van der Waals surface area contributed by atoms with Crippen molar-refractivity contribution in [3.05, 3.63) is 35.9 Å². The highest BCUT2D eigenvalue weighted by molar-refractivity contribution is 5.73. The highest BCUT2D eigenvalue weighted by Gasteiger charge is 2.32. The van der Waals surface area contributed by atoms with Gasteiger partial charge in [0.05, 0.1) is 5.92 Å². The van der Waals surface area contributed by atoms with Crippen molar-refractivity contribution in [2.24, 2.45) is 11.8 Å². The van der Waals surface area contributed by atoms with E-state index in [0.29, 0.717) is 13.0 Å². The monoisotopic (exact) mass is 277 g/mol. The van der Waals surface area contributed by atoms with Crippen molar-refractivity contribution in [1.82, 2.24) is 4.90 Å². The Hall–Kier alpha value is -2.04. The first-order valence-corrected chi connectivity index (χ1v) is 6.74. The van der Waals surface area contributed by atoms with Crippen molar-refractivity contribution in [1.29, 1.82) is 0 Å². The molecule has 0 bridgehead atoms. The van der Waals surface area contributed by atoms with Gasteiger partial charge in [-0.15, -0.1) is 0 Å². The van der Waals surface area contributed by atoms with Gasteiger partial charge >= 0.3 is 12.1 Å². The predicted octanol–water partition coefficient (Wildman–Crippen LogP) is 2.37. The molecule has 108 valence electrons. The number of ether oxygens (including phenoxy) is 1. The minimum atomic E-state index is -0.850. The third kappa shape index (κ3) is 3.73. The molecule has 2 rings (SSSR count). The van der Waals surface area contributed by atoms with E-state index in [1.807, 2.05) is 37.3 Å². The van der Waals surface area contributed by atoms with E-state index in [0.717, 1.165) is 5.56 Å². The molecule has 1 aliphatic heterocycles. The molecule has 0 aliphatic carbocycles. The van der Waals surface area contributed by atoms with Gasteiger partial charge in [-0.25, -0.2) is 4.79 Å². The number of benzene rings is 1. The van der Waals surface area contributed by atoms with Gasteiger partial charge in [-0.3, -0.25) is 4.79 Å². The van der Waals surface area contributed by atoms with Crippen LogP contribution in [-0.4, -0.2) is 35.2 Å². The van der Waals surface area contributed by atoms with Gasteiger partial charge in [0.25, 0.3) is 0 Å². The third-order valence-electron chi connectivity index (χ3n) is 3.47. The van der Waals surface area contributed by atoms with Gasteiger partial charge in [0, 0.05) is 13.1 Å². The number of carbonyl (C=O) groups is 2. The Bertz CT molecular complexity index is 474. The van der Waals surface area contributed by atoms with Crippen LogP contribution in [0.25, 0.3) is 0 Å². The maximum Gasteiger partial charge on any atom is 0.410 e. The highest BCUT2D eigenvalue weighted by Crippen LogP contribution is 2.22. The van der Waals surface area contributed by atoms with E-state index in [2.05, 4.69) is 0 Å². The summed E-state index contributed by atoms with van der Waals surface area (Å²) in [6.07, 6.45) is 0.171. The van der Waals surface area contributed by atoms with Crippen LogP contribution in [-0.2, 0) is 16.1 Å². The molecule has 0 unspecified atom stereocenters. The van der Waals surface area contributed by atoms with E-state index in [9.17, 15) is 9.59 Å². The predicted molar refractivity (Wildman–Crippen MR) is 73.1 cm³/mol. The zero-order valence-corrected chi connectivity index (χ0v) is 11.5. The molecule has 0 radical (unpaired) electrons. The first-order chi connectivity index (χ1) is 9.56. The second kappa shape index (κ2) is 6.41. The van der Waals surface area contributed by atoms with Crippen molar-refractivity contribution in [2.45, 2.75) is 20.0 Å². The van der Waals surface area contributed by atoms with Gasteiger partial charge in [-0.2, -0.15) is 0 Å². The summed E-state index contributed by atoms with van der Waals surface area (Å²) in [5, 5.41) is 9.08. The highest BCUT2D eigenvalue weighted by atomic mass is 16.6. The average molecular weight is 277 g/mol. The van der Waals surface area contributed by atoms with Gasteiger partial charge in [0.15, 0.2) is 0 Å². The molecule has 2 atom stereocenters. The zero-order chi connectivity index (χ0) is 14.5. The lowest BCUT2D eigenvalue weighted by molar-refractivity contribution is -0.144. The molecule has 1 amide bonds. The van der Waals surface area contributed by atoms with Crippen molar-refractivity contribution >= 4 is 12.1 Å². The molecular formula is C15H19NO4. The van der Waals surface area contributed by atoms with Gasteiger partial charge in [0.1, 0.15) is 6.61 Å². The van der Waals surface area contributed by atoms with E-state index in [4.69, 9.17) is 9.84 Å². The molecule has 0 saturated carbocycles. The normalized spacial score (nSPS) is 22.4. The summed E-state index contributed by atoms with van der Waals surface area (Å²) in [6.45, 7) is 2.94. The molecule has 1 aromatic rings. The maximum absolute atomic E-state index is 12.0. The number of piperidine rings is 1. The summed E-state index contributed by atoms with van der Waals surface area (Å²) in [5.41, 5.74) is 0.917. The van der Waals surface area contributed by atoms with Crippen molar-refractivity contribution in [3.8, 4) is 0 Å². The number of carbonyl (C=O) groups excluding carboxylic acids is 1. The Morgan fingerprint density at radius 1 is 1.30 bits per heavy atom. The first kappa shape index (κ1) is 14.4. The molecule has 1 saturated heterocycles. The molecule has 0 aromatic heterocycles. The number of amides is 1. The number of likely N-dealkylation sites (tertiary alicyclic amines) is 1. The average Bonchev–Trinajstić information content (AvgIpc) is 2.45. The van der Waals surface area contributed by atoms with E-state index < -0.39 is 18.0 Å². The number of aliphatic carboxylic acids is 1. The molecule has 1 aliphatic rings. The van der Waals surface area contributed by atoms with Crippen LogP contribution in [0.3, 0.4) is 0 Å². The molecule has 1 fully saturated rings. The molecule has 5 nitrogen and oxygen atoms in total. The first-order valence-electron chi connectivity index (χ1n) is 6.74. The van der Waals surface area contributed by atoms with Crippen LogP contribution < -0.4 is 0 Å². The Morgan fingerprint density at radius 3 is 2.65 bits per heavy atom. The van der Waals surface area contributed by atoms with Gasteiger partial charge in [0.2, 0.25) is 0 Å². The fraction of sp³-hybridized carbons (Fsp3) is 0.467. The molecule has 20 heavy (non-hydrogen) atoms. The molecule has 1 heterocycles. The summed E-state index contributed by atoms with van der Waals surface area (Å²) >= 11 is 0. The summed E-state index contributed by atoms with van der Waals surface area (Å²) in [6, 6.07) is 9.42. The Morgan fingerprint density at radius 2 is 2.00 bits per heavy atom. The number of carboxylic acid groups (broad SMARTS) is 1. The van der Waals surface area contributed by atoms with Crippen molar-refractivity contribution in [2.75, 3.05) is 13.1 Å². The van der Waals surface area contributed by atoms with Gasteiger partial charge in [-0.05, 0) is 17.9 Å². The van der Waals surface area contributed by atoms with E-state index in [1.165, 1.54) is 4.90 Å². The minimum Gasteiger partial charge on any atom is -0.481 e. The number of hydrogen-bond donors (Lipinski definition) is 1. The largest absolute Gasteiger partial charge is 0.481 e. The second-order valence-corrected chi connectivity index (χ2v) is 5.32. The maximum atomic E-state index is 12.0. The SMILES string of the molecule is C[C@H]1C[C@@H](C(=O)O)CN(C(=O)OCc2ccccc2)C1. The van der Waals surface area contributed by atoms with E-state index in [1.54, 1.807) is 0 Å². The zero-order valence-electron chi connectivity index (χ0n) is 11.5. The van der Waals surface area contributed by atoms with E-state index in [-0.39, 0.29) is 19.1 Å². The lowest BCUT2D eigenvalue weighted by Crippen LogP contribution is -2.45. The van der Waals surface area contributed by atoms with Crippen LogP contribution in [0.2, 0.25) is 0 Å². The van der Waals surface area contributed by atoms with E-state index >= 15 is 0 Å². The summed E-state index contributed by atoms with van der Waals surface area (Å²) in [7, 11) is 0. The van der Waals surface area contributed by atoms with Crippen molar-refractivity contribution < 1.29 is 19.4 Å². The molecule has 5 heteroatoms. The van der Waals surface area contributed by atoms with Crippen LogP contribution in [0.5, 0.6) is 0 Å². The lowest BCUT2D eigenvalue weighted by Gasteiger charge is -2.33. The quantitative estimate of drug-likeness (QED) is 0.921. The summed E-state index contributed by atoms with van der Waals surface area (Å²) in [4.78, 5) is 24.6. The third-order valence-corrected chi connectivity index (χ3v) is 3.47. The standard InChI is InChI=1S/C15H19NO4/c1-11-7-13(14(17)18)9-16(8-11)15(19)20-10-12-5-3-2-4-6-12/h2-6,11,13H,7-10H2,1H3,(H,17,18)/t11-,13+/m0/s1. The number of rotatable bonds is 3. The summed E-state index contributed by atoms with van der Waals surface area (Å²) < 4.78 is 5.24. The van der Waals surface area contributed by atoms with Crippen molar-refractivity contribution in [3.63, 3.8) is 0 Å². The smallest absolute Gasteiger partial charge is 0.410 e. The van der Waals surface area contributed by atoms with Crippen LogP contribution in [0.1, 0.15) is 18.9 Å². The molecular weight excluding hydrogens is 258 g/mol. The number of nitrogens with zero attached hydrogens (tertiary/aromatic N) is 1. The molecule has 1 N–H and O–H groups in total. The van der Waals surface area contributed by atoms with Crippen LogP contribution in [0.4, 0.5) is 4.79 Å². The fourth-order valence-electron chi connectivity index (χ4n) is 2.49. The summed E-state index contributed by atoms with van der Waals surface area (Å²) in [5.74, 6) is -1.17. The molecule has 1 aromatic carbocycles. The minimum absolute atomic E-state index is 0.175. The Labute approximate surface area is 118 Å². The Kier molecular flexibility index (Phi) is 4.61. The topological polar surface area (TPSA) is 66.8 Å². The van der Waals surface area contributed by atoms with Gasteiger partial charge in [-0.1, -0.05) is 37.3 Å². The lowest BCUT2D eigenvalue weighted by atomic mass is 9.91. The number of hydrogen-bond acceptors (Lipinski definition) is 3. The van der Waals surface area contributed by atoms with Crippen LogP contribution in [0.15, 0.2) is 30.3 Å². The van der Waals surface area contributed by atoms with Crippen LogP contribution >= 0.6 is 0 Å². The fourth-order valence-corrected chi connectivity index (χ4v) is 2.49. The second-order valence-electron chi connectivity index (χ2n) is 5.32. The van der Waals surface area contributed by atoms with Crippen LogP contribution in [0, 0.1) is 11.8 Å². The number of carboxylic acids is 1. The Balaban J connectivity index is 1.90. The van der Waals surface area contributed by atoms with Gasteiger partial charge < -0.3 is 14.7 Å².